The number of halogens is 4. The number of alkyl halides is 4. The van der Waals surface area contributed by atoms with Gasteiger partial charge in [-0.1, -0.05) is 12.1 Å². The first kappa shape index (κ1) is 20.4. The molecule has 0 aromatic heterocycles. The number of ether oxygens (including phenoxy) is 4. The summed E-state index contributed by atoms with van der Waals surface area (Å²) in [5.74, 6) is 0.0977. The van der Waals surface area contributed by atoms with E-state index >= 15 is 0 Å². The van der Waals surface area contributed by atoms with Gasteiger partial charge in [-0.05, 0) is 47.9 Å². The van der Waals surface area contributed by atoms with Gasteiger partial charge in [-0.2, -0.15) is 17.6 Å². The van der Waals surface area contributed by atoms with Crippen LogP contribution >= 0.6 is 0 Å². The monoisotopic (exact) mass is 386 g/mol. The third-order valence-corrected chi connectivity index (χ3v) is 3.64. The first-order valence-corrected chi connectivity index (χ1v) is 7.81. The summed E-state index contributed by atoms with van der Waals surface area (Å²) in [5, 5.41) is 0. The summed E-state index contributed by atoms with van der Waals surface area (Å²) >= 11 is 0. The Kier molecular flexibility index (Phi) is 6.92. The van der Waals surface area contributed by atoms with Gasteiger partial charge in [-0.3, -0.25) is 0 Å². The molecule has 0 radical (unpaired) electrons. The molecule has 2 aromatic carbocycles. The smallest absolute Gasteiger partial charge is 0.387 e. The summed E-state index contributed by atoms with van der Waals surface area (Å²) in [7, 11) is 3.00. The van der Waals surface area contributed by atoms with Gasteiger partial charge < -0.3 is 18.9 Å². The van der Waals surface area contributed by atoms with E-state index in [1.807, 2.05) is 0 Å². The normalized spacial score (nSPS) is 11.7. The topological polar surface area (TPSA) is 36.9 Å². The number of allylic oxidation sites excluding steroid dienone is 1. The predicted octanol–water partition coefficient (Wildman–Crippen LogP) is 5.36. The Hall–Kier alpha value is -2.90. The van der Waals surface area contributed by atoms with Crippen molar-refractivity contribution >= 4 is 5.57 Å². The van der Waals surface area contributed by atoms with Crippen LogP contribution in [0, 0.1) is 0 Å². The number of rotatable bonds is 8. The van der Waals surface area contributed by atoms with E-state index in [1.165, 1.54) is 26.4 Å². The molecule has 2 rings (SSSR count). The van der Waals surface area contributed by atoms with E-state index in [-0.39, 0.29) is 0 Å². The van der Waals surface area contributed by atoms with Crippen LogP contribution in [-0.4, -0.2) is 27.4 Å². The van der Waals surface area contributed by atoms with Gasteiger partial charge in [0.2, 0.25) is 0 Å². The number of benzene rings is 2. The van der Waals surface area contributed by atoms with Gasteiger partial charge in [-0.25, -0.2) is 0 Å². The third-order valence-electron chi connectivity index (χ3n) is 3.64. The van der Waals surface area contributed by atoms with Crippen molar-refractivity contribution in [3.8, 4) is 23.0 Å². The molecule has 4 nitrogen and oxygen atoms in total. The molecule has 27 heavy (non-hydrogen) atoms. The van der Waals surface area contributed by atoms with Gasteiger partial charge in [0.05, 0.1) is 14.2 Å². The van der Waals surface area contributed by atoms with Crippen LogP contribution in [0.25, 0.3) is 5.57 Å². The maximum atomic E-state index is 12.7. The van der Waals surface area contributed by atoms with E-state index in [0.29, 0.717) is 28.2 Å². The van der Waals surface area contributed by atoms with Gasteiger partial charge in [0.25, 0.3) is 0 Å². The molecule has 0 unspecified atom stereocenters. The minimum atomic E-state index is -3.19. The zero-order chi connectivity index (χ0) is 20.0. The quantitative estimate of drug-likeness (QED) is 0.573. The first-order chi connectivity index (χ1) is 12.9. The summed E-state index contributed by atoms with van der Waals surface area (Å²) in [6, 6.07) is 8.98. The highest BCUT2D eigenvalue weighted by atomic mass is 19.3. The van der Waals surface area contributed by atoms with Crippen LogP contribution in [0.4, 0.5) is 17.6 Å². The van der Waals surface area contributed by atoms with Crippen LogP contribution < -0.4 is 18.9 Å². The van der Waals surface area contributed by atoms with Crippen molar-refractivity contribution in [2.45, 2.75) is 20.1 Å². The highest BCUT2D eigenvalue weighted by molar-refractivity contribution is 5.81. The lowest BCUT2D eigenvalue weighted by molar-refractivity contribution is -0.0692. The highest BCUT2D eigenvalue weighted by Gasteiger charge is 2.17. The first-order valence-electron chi connectivity index (χ1n) is 7.81. The number of hydrogen-bond acceptors (Lipinski definition) is 4. The van der Waals surface area contributed by atoms with Crippen LogP contribution in [0.3, 0.4) is 0 Å². The van der Waals surface area contributed by atoms with Crippen molar-refractivity contribution in [1.29, 1.82) is 0 Å². The minimum Gasteiger partial charge on any atom is -0.497 e. The van der Waals surface area contributed by atoms with E-state index in [1.54, 1.807) is 31.2 Å². The summed E-state index contributed by atoms with van der Waals surface area (Å²) in [4.78, 5) is 0. The second-order valence-corrected chi connectivity index (χ2v) is 5.22. The van der Waals surface area contributed by atoms with Crippen molar-refractivity contribution in [2.75, 3.05) is 14.2 Å². The van der Waals surface area contributed by atoms with Crippen LogP contribution in [-0.2, 0) is 0 Å². The van der Waals surface area contributed by atoms with Gasteiger partial charge in [-0.15, -0.1) is 0 Å². The van der Waals surface area contributed by atoms with Gasteiger partial charge in [0, 0.05) is 6.07 Å². The number of methoxy groups -OCH3 is 2. The number of hydrogen-bond donors (Lipinski definition) is 0. The second kappa shape index (κ2) is 9.16. The molecule has 0 amide bonds. The lowest BCUT2D eigenvalue weighted by Crippen LogP contribution is -2.08. The minimum absolute atomic E-state index is 0.463. The predicted molar refractivity (Wildman–Crippen MR) is 92.0 cm³/mol. The molecule has 0 spiro atoms. The fraction of sp³-hybridized carbons (Fsp3) is 0.263. The van der Waals surface area contributed by atoms with Crippen molar-refractivity contribution in [3.05, 3.63) is 53.6 Å². The average Bonchev–Trinajstić information content (AvgIpc) is 2.63. The summed E-state index contributed by atoms with van der Waals surface area (Å²) in [6.07, 6.45) is 1.74. The highest BCUT2D eigenvalue weighted by Crippen LogP contribution is 2.36. The molecule has 0 N–H and O–H groups in total. The standard InChI is InChI=1S/C19H18F4O4/c1-4-15(12-7-13(24-2)10-14(8-12)25-3)11-5-6-16(26-18(20)21)17(9-11)27-19(22)23/h4-10,18-19H,1-3H3/b15-4+. The Balaban J connectivity index is 2.51. The fourth-order valence-corrected chi connectivity index (χ4v) is 2.52. The van der Waals surface area contributed by atoms with E-state index in [2.05, 4.69) is 9.47 Å². The fourth-order valence-electron chi connectivity index (χ4n) is 2.52. The maximum Gasteiger partial charge on any atom is 0.387 e. The molecular weight excluding hydrogens is 368 g/mol. The zero-order valence-corrected chi connectivity index (χ0v) is 14.8. The summed E-state index contributed by atoms with van der Waals surface area (Å²) in [5.41, 5.74) is 1.78. The van der Waals surface area contributed by atoms with Crippen molar-refractivity contribution < 1.29 is 36.5 Å². The molecule has 0 saturated heterocycles. The van der Waals surface area contributed by atoms with Crippen molar-refractivity contribution in [3.63, 3.8) is 0 Å². The van der Waals surface area contributed by atoms with Crippen LogP contribution in [0.5, 0.6) is 23.0 Å². The van der Waals surface area contributed by atoms with Gasteiger partial charge in [0.1, 0.15) is 11.5 Å². The van der Waals surface area contributed by atoms with E-state index in [4.69, 9.17) is 9.47 Å². The Morgan fingerprint density at radius 3 is 1.81 bits per heavy atom. The van der Waals surface area contributed by atoms with Crippen LogP contribution in [0.2, 0.25) is 0 Å². The molecular formula is C19H18F4O4. The van der Waals surface area contributed by atoms with Crippen LogP contribution in [0.15, 0.2) is 42.5 Å². The Morgan fingerprint density at radius 1 is 0.778 bits per heavy atom. The van der Waals surface area contributed by atoms with E-state index < -0.39 is 24.7 Å². The molecule has 0 fully saturated rings. The third kappa shape index (κ3) is 5.29. The average molecular weight is 386 g/mol. The van der Waals surface area contributed by atoms with E-state index in [9.17, 15) is 17.6 Å². The molecule has 0 bridgehead atoms. The molecule has 8 heteroatoms. The van der Waals surface area contributed by atoms with E-state index in [0.717, 1.165) is 6.07 Å². The van der Waals surface area contributed by atoms with Gasteiger partial charge >= 0.3 is 13.2 Å². The maximum absolute atomic E-state index is 12.7. The SMILES string of the molecule is C/C=C(/c1cc(OC)cc(OC)c1)c1ccc(OC(F)F)c(OC(F)F)c1. The Labute approximate surface area is 153 Å². The lowest BCUT2D eigenvalue weighted by atomic mass is 9.97. The molecule has 2 aromatic rings. The molecule has 0 heterocycles. The largest absolute Gasteiger partial charge is 0.497 e. The molecule has 0 aliphatic carbocycles. The molecule has 0 aliphatic heterocycles. The van der Waals surface area contributed by atoms with Gasteiger partial charge in [0.15, 0.2) is 11.5 Å². The molecule has 0 saturated carbocycles. The van der Waals surface area contributed by atoms with Crippen molar-refractivity contribution in [1.82, 2.24) is 0 Å². The molecule has 146 valence electrons. The van der Waals surface area contributed by atoms with Crippen molar-refractivity contribution in [2.24, 2.45) is 0 Å². The molecule has 0 atom stereocenters. The Bertz CT molecular complexity index is 784. The molecule has 0 aliphatic rings. The second-order valence-electron chi connectivity index (χ2n) is 5.22. The summed E-state index contributed by atoms with van der Waals surface area (Å²) in [6.45, 7) is -4.61. The summed E-state index contributed by atoms with van der Waals surface area (Å²) < 4.78 is 69.3. The zero-order valence-electron chi connectivity index (χ0n) is 14.8. The Morgan fingerprint density at radius 2 is 1.33 bits per heavy atom. The lowest BCUT2D eigenvalue weighted by Gasteiger charge is -2.16. The van der Waals surface area contributed by atoms with Crippen LogP contribution in [0.1, 0.15) is 18.1 Å².